The zero-order chi connectivity index (χ0) is 15.4. The number of nitrogens with one attached hydrogen (secondary N) is 3. The molecule has 1 aromatic carbocycles. The number of allylic oxidation sites excluding steroid dienone is 3. The Balaban J connectivity index is 1.69. The lowest BCUT2D eigenvalue weighted by atomic mass is 9.93. The molecule has 0 radical (unpaired) electrons. The van der Waals surface area contributed by atoms with Crippen LogP contribution in [0.5, 0.6) is 0 Å². The van der Waals surface area contributed by atoms with Crippen molar-refractivity contribution in [1.82, 2.24) is 16.2 Å². The molecule has 116 valence electrons. The van der Waals surface area contributed by atoms with Crippen LogP contribution in [0.4, 0.5) is 0 Å². The maximum atomic E-state index is 12.6. The van der Waals surface area contributed by atoms with Crippen molar-refractivity contribution in [2.24, 2.45) is 5.92 Å². The van der Waals surface area contributed by atoms with Gasteiger partial charge in [-0.05, 0) is 24.5 Å². The van der Waals surface area contributed by atoms with E-state index in [1.54, 1.807) is 0 Å². The number of hydrogen-bond acceptors (Lipinski definition) is 4. The molecule has 1 aliphatic heterocycles. The highest BCUT2D eigenvalue weighted by molar-refractivity contribution is 5.83. The Hall–Kier alpha value is -2.11. The molecule has 1 heterocycles. The van der Waals surface area contributed by atoms with Crippen molar-refractivity contribution >= 4 is 5.91 Å². The van der Waals surface area contributed by atoms with Crippen LogP contribution in [0.25, 0.3) is 0 Å². The molecule has 0 spiro atoms. The van der Waals surface area contributed by atoms with Crippen molar-refractivity contribution in [1.29, 1.82) is 0 Å². The summed E-state index contributed by atoms with van der Waals surface area (Å²) in [5.74, 6) is 0.0517. The van der Waals surface area contributed by atoms with Gasteiger partial charge >= 0.3 is 0 Å². The second-order valence-electron chi connectivity index (χ2n) is 5.64. The minimum absolute atomic E-state index is 0.0919. The molecule has 5 heteroatoms. The lowest BCUT2D eigenvalue weighted by Crippen LogP contribution is -2.47. The van der Waals surface area contributed by atoms with Crippen LogP contribution >= 0.6 is 0 Å². The van der Waals surface area contributed by atoms with Crippen LogP contribution in [0.2, 0.25) is 0 Å². The first kappa shape index (κ1) is 14.8. The number of aliphatic hydroxyl groups is 1. The molecule has 1 aliphatic carbocycles. The van der Waals surface area contributed by atoms with E-state index in [1.165, 1.54) is 0 Å². The monoisotopic (exact) mass is 299 g/mol. The highest BCUT2D eigenvalue weighted by Gasteiger charge is 2.36. The van der Waals surface area contributed by atoms with E-state index < -0.39 is 0 Å². The predicted octanol–water partition coefficient (Wildman–Crippen LogP) is 1.16. The van der Waals surface area contributed by atoms with Crippen LogP contribution in [-0.2, 0) is 4.79 Å². The summed E-state index contributed by atoms with van der Waals surface area (Å²) in [7, 11) is 0. The zero-order valence-electron chi connectivity index (χ0n) is 12.3. The lowest BCUT2D eigenvalue weighted by Gasteiger charge is -2.22. The summed E-state index contributed by atoms with van der Waals surface area (Å²) in [6.45, 7) is -0.120. The molecule has 1 fully saturated rings. The summed E-state index contributed by atoms with van der Waals surface area (Å²) < 4.78 is 0. The third kappa shape index (κ3) is 3.05. The molecule has 0 aromatic heterocycles. The quantitative estimate of drug-likeness (QED) is 0.673. The molecule has 1 aromatic rings. The summed E-state index contributed by atoms with van der Waals surface area (Å²) >= 11 is 0. The Morgan fingerprint density at radius 2 is 2.18 bits per heavy atom. The molecule has 22 heavy (non-hydrogen) atoms. The van der Waals surface area contributed by atoms with Gasteiger partial charge in [-0.1, -0.05) is 42.5 Å². The number of fused-ring (bicyclic) bond motifs is 1. The van der Waals surface area contributed by atoms with Gasteiger partial charge in [0.25, 0.3) is 0 Å². The highest BCUT2D eigenvalue weighted by Crippen LogP contribution is 2.26. The van der Waals surface area contributed by atoms with E-state index in [0.29, 0.717) is 0 Å². The van der Waals surface area contributed by atoms with Crippen LogP contribution < -0.4 is 16.2 Å². The molecule has 0 bridgehead atoms. The van der Waals surface area contributed by atoms with Crippen molar-refractivity contribution in [3.8, 4) is 0 Å². The van der Waals surface area contributed by atoms with Crippen molar-refractivity contribution < 1.29 is 9.90 Å². The average Bonchev–Trinajstić information content (AvgIpc) is 2.82. The summed E-state index contributed by atoms with van der Waals surface area (Å²) in [5, 5.41) is 12.5. The number of hydrogen-bond donors (Lipinski definition) is 4. The molecular formula is C17H21N3O2. The van der Waals surface area contributed by atoms with Crippen LogP contribution in [0.3, 0.4) is 0 Å². The maximum absolute atomic E-state index is 12.6. The van der Waals surface area contributed by atoms with E-state index in [-0.39, 0.29) is 30.5 Å². The highest BCUT2D eigenvalue weighted by atomic mass is 16.3. The number of rotatable bonds is 4. The summed E-state index contributed by atoms with van der Waals surface area (Å²) in [4.78, 5) is 12.6. The second kappa shape index (κ2) is 6.77. The molecule has 5 nitrogen and oxygen atoms in total. The smallest absolute Gasteiger partial charge is 0.240 e. The summed E-state index contributed by atoms with van der Waals surface area (Å²) in [5.41, 5.74) is 8.11. The van der Waals surface area contributed by atoms with Crippen LogP contribution in [0.15, 0.2) is 54.3 Å². The van der Waals surface area contributed by atoms with Crippen molar-refractivity contribution in [3.63, 3.8) is 0 Å². The van der Waals surface area contributed by atoms with Crippen LogP contribution in [0, 0.1) is 5.92 Å². The Labute approximate surface area is 130 Å². The van der Waals surface area contributed by atoms with Crippen LogP contribution in [0.1, 0.15) is 24.4 Å². The average molecular weight is 299 g/mol. The first-order valence-electron chi connectivity index (χ1n) is 7.64. The van der Waals surface area contributed by atoms with Crippen molar-refractivity contribution in [2.45, 2.75) is 24.9 Å². The standard InChI is InChI=1S/C17H21N3O2/c21-11-15(12-7-3-1-4-8-12)18-17(22)16-13-9-5-2-6-10-14(13)19-20-16/h1-4,6-8,10,13,15-16,19-21H,5,9,11H2,(H,18,22)/t13?,15-,16?/m1/s1. The number of carbonyl (C=O) groups is 1. The van der Waals surface area contributed by atoms with Gasteiger partial charge in [-0.15, -0.1) is 0 Å². The molecule has 1 amide bonds. The summed E-state index contributed by atoms with van der Waals surface area (Å²) in [6.07, 6.45) is 8.03. The first-order chi connectivity index (χ1) is 10.8. The Morgan fingerprint density at radius 1 is 1.36 bits per heavy atom. The van der Waals surface area contributed by atoms with Gasteiger partial charge in [0.1, 0.15) is 6.04 Å². The fraction of sp³-hybridized carbons (Fsp3) is 0.353. The molecule has 1 saturated heterocycles. The number of aliphatic hydroxyl groups excluding tert-OH is 1. The van der Waals surface area contributed by atoms with Crippen molar-refractivity contribution in [3.05, 3.63) is 59.8 Å². The fourth-order valence-corrected chi connectivity index (χ4v) is 2.99. The minimum atomic E-state index is -0.382. The van der Waals surface area contributed by atoms with Gasteiger partial charge < -0.3 is 15.8 Å². The number of carbonyl (C=O) groups excluding carboxylic acids is 1. The first-order valence-corrected chi connectivity index (χ1v) is 7.64. The van der Waals surface area contributed by atoms with Gasteiger partial charge in [0.2, 0.25) is 5.91 Å². The van der Waals surface area contributed by atoms with Gasteiger partial charge in [-0.2, -0.15) is 0 Å². The van der Waals surface area contributed by atoms with Gasteiger partial charge in [-0.3, -0.25) is 4.79 Å². The maximum Gasteiger partial charge on any atom is 0.240 e. The second-order valence-corrected chi connectivity index (χ2v) is 5.64. The van der Waals surface area contributed by atoms with Crippen LogP contribution in [-0.4, -0.2) is 23.7 Å². The molecule has 3 rings (SSSR count). The third-order valence-electron chi connectivity index (χ3n) is 4.21. The minimum Gasteiger partial charge on any atom is -0.394 e. The van der Waals surface area contributed by atoms with Gasteiger partial charge in [0.15, 0.2) is 0 Å². The fourth-order valence-electron chi connectivity index (χ4n) is 2.99. The van der Waals surface area contributed by atoms with E-state index in [2.05, 4.69) is 22.2 Å². The van der Waals surface area contributed by atoms with Crippen molar-refractivity contribution in [2.75, 3.05) is 6.61 Å². The van der Waals surface area contributed by atoms with Gasteiger partial charge in [0, 0.05) is 11.6 Å². The lowest BCUT2D eigenvalue weighted by molar-refractivity contribution is -0.124. The van der Waals surface area contributed by atoms with E-state index >= 15 is 0 Å². The van der Waals surface area contributed by atoms with E-state index in [1.807, 2.05) is 42.5 Å². The van der Waals surface area contributed by atoms with Gasteiger partial charge in [0.05, 0.1) is 12.6 Å². The SMILES string of the molecule is O=C(N[C@H](CO)c1ccccc1)C1NNC2=CC=CCCC21. The Kier molecular flexibility index (Phi) is 4.56. The molecule has 2 unspecified atom stereocenters. The number of benzene rings is 1. The zero-order valence-corrected chi connectivity index (χ0v) is 12.3. The summed E-state index contributed by atoms with van der Waals surface area (Å²) in [6, 6.07) is 8.83. The molecular weight excluding hydrogens is 278 g/mol. The molecule has 4 N–H and O–H groups in total. The molecule has 3 atom stereocenters. The van der Waals surface area contributed by atoms with E-state index in [0.717, 1.165) is 24.1 Å². The number of hydrazine groups is 1. The predicted molar refractivity (Wildman–Crippen MR) is 84.4 cm³/mol. The number of amides is 1. The Morgan fingerprint density at radius 3 is 2.95 bits per heavy atom. The van der Waals surface area contributed by atoms with Gasteiger partial charge in [-0.25, -0.2) is 5.43 Å². The Bertz CT molecular complexity index is 583. The largest absolute Gasteiger partial charge is 0.394 e. The van der Waals surface area contributed by atoms with E-state index in [9.17, 15) is 9.90 Å². The topological polar surface area (TPSA) is 73.4 Å². The van der Waals surface area contributed by atoms with E-state index in [4.69, 9.17) is 0 Å². The normalized spacial score (nSPS) is 24.7. The molecule has 0 saturated carbocycles. The third-order valence-corrected chi connectivity index (χ3v) is 4.21. The molecule has 2 aliphatic rings.